The first-order valence-corrected chi connectivity index (χ1v) is 5.65. The van der Waals surface area contributed by atoms with Crippen molar-refractivity contribution in [3.8, 4) is 0 Å². The summed E-state index contributed by atoms with van der Waals surface area (Å²) in [6.07, 6.45) is 6.76. The monoisotopic (exact) mass is 174 g/mol. The maximum absolute atomic E-state index is 5.26. The van der Waals surface area contributed by atoms with E-state index in [4.69, 9.17) is 4.43 Å². The van der Waals surface area contributed by atoms with E-state index in [1.54, 1.807) is 0 Å². The van der Waals surface area contributed by atoms with E-state index in [0.29, 0.717) is 0 Å². The van der Waals surface area contributed by atoms with Crippen LogP contribution in [-0.2, 0) is 4.43 Å². The van der Waals surface area contributed by atoms with Gasteiger partial charge in [0.1, 0.15) is 10.5 Å². The molecule has 0 aromatic heterocycles. The van der Waals surface area contributed by atoms with Crippen LogP contribution in [-0.4, -0.2) is 17.1 Å². The third-order valence-corrected chi connectivity index (χ3v) is 2.53. The molecular weight excluding hydrogens is 152 g/mol. The quantitative estimate of drug-likeness (QED) is 0.423. The van der Waals surface area contributed by atoms with Gasteiger partial charge in [0.25, 0.3) is 0 Å². The summed E-state index contributed by atoms with van der Waals surface area (Å²) >= 11 is 0. The Balaban J connectivity index is 3.20. The summed E-state index contributed by atoms with van der Waals surface area (Å²) in [4.78, 5) is 0. The average Bonchev–Trinajstić information content (AvgIpc) is 2.03. The molecule has 11 heavy (non-hydrogen) atoms. The fraction of sp³-hybridized carbons (Fsp3) is 1.00. The summed E-state index contributed by atoms with van der Waals surface area (Å²) in [6, 6.07) is 0. The van der Waals surface area contributed by atoms with Crippen LogP contribution >= 0.6 is 0 Å². The van der Waals surface area contributed by atoms with Gasteiger partial charge in [-0.15, -0.1) is 0 Å². The molecule has 0 amide bonds. The van der Waals surface area contributed by atoms with E-state index in [9.17, 15) is 0 Å². The molecule has 0 spiro atoms. The van der Waals surface area contributed by atoms with Crippen molar-refractivity contribution in [2.24, 2.45) is 5.92 Å². The highest BCUT2D eigenvalue weighted by molar-refractivity contribution is 5.97. The van der Waals surface area contributed by atoms with Crippen molar-refractivity contribution in [3.63, 3.8) is 0 Å². The van der Waals surface area contributed by atoms with Crippen LogP contribution in [0.15, 0.2) is 0 Å². The van der Waals surface area contributed by atoms with Gasteiger partial charge < -0.3 is 4.43 Å². The van der Waals surface area contributed by atoms with Crippen LogP contribution in [0.4, 0.5) is 0 Å². The molecule has 0 aromatic carbocycles. The van der Waals surface area contributed by atoms with Crippen LogP contribution in [0.5, 0.6) is 0 Å². The molecule has 0 saturated heterocycles. The molecule has 0 aliphatic carbocycles. The van der Waals surface area contributed by atoms with Gasteiger partial charge in [0.2, 0.25) is 0 Å². The summed E-state index contributed by atoms with van der Waals surface area (Å²) in [7, 11) is 0.901. The SMILES string of the molecule is CCCCCC(CC)CO[SiH3]. The molecule has 68 valence electrons. The first-order valence-electron chi connectivity index (χ1n) is 4.84. The van der Waals surface area contributed by atoms with E-state index in [0.717, 1.165) is 23.0 Å². The molecule has 0 aliphatic rings. The lowest BCUT2D eigenvalue weighted by molar-refractivity contribution is 0.250. The van der Waals surface area contributed by atoms with Crippen molar-refractivity contribution in [1.82, 2.24) is 0 Å². The highest BCUT2D eigenvalue weighted by Gasteiger charge is 2.03. The Labute approximate surface area is 74.1 Å². The van der Waals surface area contributed by atoms with E-state index in [1.165, 1.54) is 32.1 Å². The zero-order valence-corrected chi connectivity index (χ0v) is 10.2. The van der Waals surface area contributed by atoms with E-state index < -0.39 is 0 Å². The van der Waals surface area contributed by atoms with Gasteiger partial charge in [-0.2, -0.15) is 0 Å². The molecule has 0 aliphatic heterocycles. The molecule has 1 nitrogen and oxygen atoms in total. The van der Waals surface area contributed by atoms with Crippen molar-refractivity contribution in [1.29, 1.82) is 0 Å². The third kappa shape index (κ3) is 6.57. The molecule has 0 rings (SSSR count). The van der Waals surface area contributed by atoms with Crippen LogP contribution in [0.3, 0.4) is 0 Å². The minimum Gasteiger partial charge on any atom is -0.428 e. The minimum atomic E-state index is 0.832. The Hall–Kier alpha value is 0.177. The Morgan fingerprint density at radius 2 is 2.00 bits per heavy atom. The standard InChI is InChI=1S/C9H22OSi/c1-3-5-6-7-9(4-2)8-10-11/h9H,3-8H2,1-2,11H3. The van der Waals surface area contributed by atoms with Gasteiger partial charge in [0.15, 0.2) is 0 Å². The van der Waals surface area contributed by atoms with E-state index in [1.807, 2.05) is 0 Å². The number of hydrogen-bond acceptors (Lipinski definition) is 1. The first kappa shape index (κ1) is 11.2. The van der Waals surface area contributed by atoms with Gasteiger partial charge in [-0.1, -0.05) is 39.5 Å². The second-order valence-corrected chi connectivity index (χ2v) is 3.80. The molecule has 0 aromatic rings. The van der Waals surface area contributed by atoms with E-state index in [2.05, 4.69) is 13.8 Å². The molecule has 1 unspecified atom stereocenters. The number of rotatable bonds is 7. The maximum atomic E-state index is 5.26. The van der Waals surface area contributed by atoms with Crippen LogP contribution in [0.1, 0.15) is 46.0 Å². The topological polar surface area (TPSA) is 9.23 Å². The molecule has 1 atom stereocenters. The Morgan fingerprint density at radius 3 is 2.45 bits per heavy atom. The zero-order chi connectivity index (χ0) is 8.53. The van der Waals surface area contributed by atoms with Crippen molar-refractivity contribution < 1.29 is 4.43 Å². The minimum absolute atomic E-state index is 0.832. The second kappa shape index (κ2) is 8.28. The van der Waals surface area contributed by atoms with Gasteiger partial charge in [-0.25, -0.2) is 0 Å². The number of hydrogen-bond donors (Lipinski definition) is 0. The summed E-state index contributed by atoms with van der Waals surface area (Å²) in [5, 5.41) is 0. The van der Waals surface area contributed by atoms with E-state index in [-0.39, 0.29) is 0 Å². The molecule has 0 N–H and O–H groups in total. The third-order valence-electron chi connectivity index (χ3n) is 2.20. The van der Waals surface area contributed by atoms with Crippen molar-refractivity contribution >= 4 is 10.5 Å². The smallest absolute Gasteiger partial charge is 0.145 e. The lowest BCUT2D eigenvalue weighted by Crippen LogP contribution is -2.07. The molecule has 0 fully saturated rings. The molecule has 0 saturated carbocycles. The number of unbranched alkanes of at least 4 members (excludes halogenated alkanes) is 2. The lowest BCUT2D eigenvalue weighted by atomic mass is 10.00. The Kier molecular flexibility index (Phi) is 8.41. The molecular formula is C9H22OSi. The van der Waals surface area contributed by atoms with Gasteiger partial charge in [0, 0.05) is 6.61 Å². The predicted octanol–water partition coefficient (Wildman–Crippen LogP) is 1.89. The lowest BCUT2D eigenvalue weighted by Gasteiger charge is -2.12. The highest BCUT2D eigenvalue weighted by Crippen LogP contribution is 2.13. The molecule has 0 heterocycles. The van der Waals surface area contributed by atoms with Gasteiger partial charge in [0.05, 0.1) is 0 Å². The van der Waals surface area contributed by atoms with E-state index >= 15 is 0 Å². The first-order chi connectivity index (χ1) is 5.35. The van der Waals surface area contributed by atoms with Crippen LogP contribution in [0.2, 0.25) is 0 Å². The average molecular weight is 174 g/mol. The van der Waals surface area contributed by atoms with Crippen molar-refractivity contribution in [3.05, 3.63) is 0 Å². The summed E-state index contributed by atoms with van der Waals surface area (Å²) < 4.78 is 5.26. The predicted molar refractivity (Wildman–Crippen MR) is 53.8 cm³/mol. The van der Waals surface area contributed by atoms with Gasteiger partial charge in [-0.3, -0.25) is 0 Å². The van der Waals surface area contributed by atoms with Gasteiger partial charge >= 0.3 is 0 Å². The van der Waals surface area contributed by atoms with Crippen LogP contribution in [0, 0.1) is 5.92 Å². The Morgan fingerprint density at radius 1 is 1.27 bits per heavy atom. The summed E-state index contributed by atoms with van der Waals surface area (Å²) in [5.41, 5.74) is 0. The van der Waals surface area contributed by atoms with Crippen molar-refractivity contribution in [2.75, 3.05) is 6.61 Å². The second-order valence-electron chi connectivity index (χ2n) is 3.23. The van der Waals surface area contributed by atoms with Crippen molar-refractivity contribution in [2.45, 2.75) is 46.0 Å². The molecule has 0 bridgehead atoms. The van der Waals surface area contributed by atoms with Gasteiger partial charge in [-0.05, 0) is 12.3 Å². The fourth-order valence-corrected chi connectivity index (χ4v) is 1.80. The summed E-state index contributed by atoms with van der Waals surface area (Å²) in [5.74, 6) is 0.832. The molecule has 2 heteroatoms. The molecule has 0 radical (unpaired) electrons. The summed E-state index contributed by atoms with van der Waals surface area (Å²) in [6.45, 7) is 5.52. The van der Waals surface area contributed by atoms with Crippen LogP contribution < -0.4 is 0 Å². The fourth-order valence-electron chi connectivity index (χ4n) is 1.32. The largest absolute Gasteiger partial charge is 0.428 e. The Bertz CT molecular complexity index is 76.0. The zero-order valence-electron chi connectivity index (χ0n) is 8.23. The normalized spacial score (nSPS) is 13.6. The maximum Gasteiger partial charge on any atom is 0.145 e. The highest BCUT2D eigenvalue weighted by atomic mass is 28.2. The van der Waals surface area contributed by atoms with Crippen LogP contribution in [0.25, 0.3) is 0 Å².